The molecular formula is C20H18N4O5. The molecule has 2 aliphatic heterocycles. The van der Waals surface area contributed by atoms with E-state index in [4.69, 9.17) is 18.9 Å². The summed E-state index contributed by atoms with van der Waals surface area (Å²) in [5.41, 5.74) is 1.17. The first kappa shape index (κ1) is 17.2. The molecule has 29 heavy (non-hydrogen) atoms. The number of nitrogens with zero attached hydrogens (tertiary/aromatic N) is 2. The van der Waals surface area contributed by atoms with Crippen molar-refractivity contribution in [1.82, 2.24) is 9.78 Å². The fourth-order valence-electron chi connectivity index (χ4n) is 3.16. The molecule has 2 aliphatic rings. The lowest BCUT2D eigenvalue weighted by Gasteiger charge is -2.26. The van der Waals surface area contributed by atoms with Crippen LogP contribution >= 0.6 is 0 Å². The number of ether oxygens (including phenoxy) is 4. The molecule has 0 aliphatic carbocycles. The molecule has 0 unspecified atom stereocenters. The molecule has 3 aromatic rings. The lowest BCUT2D eigenvalue weighted by atomic mass is 10.2. The number of benzene rings is 2. The average molecular weight is 394 g/mol. The highest BCUT2D eigenvalue weighted by molar-refractivity contribution is 5.99. The number of anilines is 2. The fourth-order valence-corrected chi connectivity index (χ4v) is 3.16. The van der Waals surface area contributed by atoms with Crippen LogP contribution in [0.25, 0.3) is 0 Å². The monoisotopic (exact) mass is 394 g/mol. The number of hydrogen-bond donors (Lipinski definition) is 2. The van der Waals surface area contributed by atoms with Crippen molar-refractivity contribution in [3.05, 3.63) is 54.9 Å². The highest BCUT2D eigenvalue weighted by atomic mass is 16.7. The van der Waals surface area contributed by atoms with Crippen LogP contribution in [0, 0.1) is 0 Å². The Labute approximate surface area is 166 Å². The minimum Gasteiger partial charge on any atom is -0.486 e. The minimum absolute atomic E-state index is 0.167. The van der Waals surface area contributed by atoms with Crippen LogP contribution in [0.5, 0.6) is 23.0 Å². The number of urea groups is 1. The number of aromatic nitrogens is 2. The third-order valence-electron chi connectivity index (χ3n) is 4.48. The van der Waals surface area contributed by atoms with Gasteiger partial charge in [0.1, 0.15) is 6.61 Å². The van der Waals surface area contributed by atoms with Gasteiger partial charge >= 0.3 is 6.03 Å². The molecule has 1 aromatic heterocycles. The van der Waals surface area contributed by atoms with Crippen molar-refractivity contribution in [1.29, 1.82) is 0 Å². The molecule has 0 fully saturated rings. The van der Waals surface area contributed by atoms with Crippen molar-refractivity contribution in [3.8, 4) is 23.0 Å². The molecule has 0 spiro atoms. The Morgan fingerprint density at radius 3 is 2.72 bits per heavy atom. The topological polar surface area (TPSA) is 95.9 Å². The third kappa shape index (κ3) is 3.75. The molecule has 1 atom stereocenters. The number of carbonyl (C=O) groups is 1. The molecule has 148 valence electrons. The molecule has 2 aromatic carbocycles. The van der Waals surface area contributed by atoms with E-state index in [9.17, 15) is 4.79 Å². The quantitative estimate of drug-likeness (QED) is 0.706. The predicted octanol–water partition coefficient (Wildman–Crippen LogP) is 3.10. The number of amides is 2. The van der Waals surface area contributed by atoms with Gasteiger partial charge < -0.3 is 29.6 Å². The fraction of sp³-hybridized carbons (Fsp3) is 0.200. The Balaban J connectivity index is 1.17. The summed E-state index contributed by atoms with van der Waals surface area (Å²) in [7, 11) is 0. The third-order valence-corrected chi connectivity index (χ3v) is 4.48. The van der Waals surface area contributed by atoms with Crippen LogP contribution in [0.2, 0.25) is 0 Å². The molecule has 0 saturated carbocycles. The van der Waals surface area contributed by atoms with Crippen LogP contribution in [-0.4, -0.2) is 35.3 Å². The normalized spacial score (nSPS) is 16.3. The van der Waals surface area contributed by atoms with Gasteiger partial charge in [0.15, 0.2) is 29.1 Å². The Kier molecular flexibility index (Phi) is 4.32. The highest BCUT2D eigenvalue weighted by Crippen LogP contribution is 2.34. The summed E-state index contributed by atoms with van der Waals surface area (Å²) in [6.45, 7) is 1.12. The molecular weight excluding hydrogens is 376 g/mol. The summed E-state index contributed by atoms with van der Waals surface area (Å²) >= 11 is 0. The van der Waals surface area contributed by atoms with Crippen molar-refractivity contribution in [2.45, 2.75) is 12.6 Å². The number of rotatable bonds is 4. The van der Waals surface area contributed by atoms with Gasteiger partial charge in [0.25, 0.3) is 0 Å². The lowest BCUT2D eigenvalue weighted by Crippen LogP contribution is -2.33. The van der Waals surface area contributed by atoms with Gasteiger partial charge in [-0.3, -0.25) is 4.68 Å². The van der Waals surface area contributed by atoms with E-state index in [1.165, 1.54) is 0 Å². The average Bonchev–Trinajstić information content (AvgIpc) is 3.36. The van der Waals surface area contributed by atoms with Crippen molar-refractivity contribution in [2.24, 2.45) is 0 Å². The Hall–Kier alpha value is -3.88. The summed E-state index contributed by atoms with van der Waals surface area (Å²) in [6.07, 6.45) is 3.15. The summed E-state index contributed by atoms with van der Waals surface area (Å²) in [5.74, 6) is 2.73. The largest absolute Gasteiger partial charge is 0.486 e. The van der Waals surface area contributed by atoms with Gasteiger partial charge in [-0.2, -0.15) is 5.10 Å². The van der Waals surface area contributed by atoms with Gasteiger partial charge in [0, 0.05) is 18.0 Å². The van der Waals surface area contributed by atoms with E-state index < -0.39 is 0 Å². The minimum atomic E-state index is -0.380. The first-order valence-electron chi connectivity index (χ1n) is 9.11. The van der Waals surface area contributed by atoms with Crippen LogP contribution < -0.4 is 29.6 Å². The molecule has 3 heterocycles. The maximum Gasteiger partial charge on any atom is 0.323 e. The number of carbonyl (C=O) groups excluding carboxylic acids is 1. The number of hydrogen-bond acceptors (Lipinski definition) is 6. The zero-order valence-electron chi connectivity index (χ0n) is 15.3. The second-order valence-corrected chi connectivity index (χ2v) is 6.60. The molecule has 9 nitrogen and oxygen atoms in total. The van der Waals surface area contributed by atoms with Crippen LogP contribution in [0.3, 0.4) is 0 Å². The van der Waals surface area contributed by atoms with Gasteiger partial charge in [0.05, 0.1) is 18.4 Å². The van der Waals surface area contributed by atoms with Gasteiger partial charge in [-0.1, -0.05) is 12.1 Å². The summed E-state index contributed by atoms with van der Waals surface area (Å²) < 4.78 is 23.9. The maximum atomic E-state index is 12.2. The van der Waals surface area contributed by atoms with Crippen molar-refractivity contribution < 1.29 is 23.7 Å². The number of para-hydroxylation sites is 2. The first-order chi connectivity index (χ1) is 14.2. The zero-order valence-corrected chi connectivity index (χ0v) is 15.3. The Morgan fingerprint density at radius 2 is 1.79 bits per heavy atom. The summed E-state index contributed by atoms with van der Waals surface area (Å²) in [6, 6.07) is 12.4. The standard InChI is InChI=1S/C20H18N4O5/c25-20(22-13-5-6-17-19(7-13)28-12-27-17)23-14-8-21-24(9-14)10-15-11-26-16-3-1-2-4-18(16)29-15/h1-9,15H,10-12H2,(H2,22,23,25)/t15-/m1/s1. The Bertz CT molecular complexity index is 1050. The lowest BCUT2D eigenvalue weighted by molar-refractivity contribution is 0.0759. The second-order valence-electron chi connectivity index (χ2n) is 6.60. The van der Waals surface area contributed by atoms with Crippen molar-refractivity contribution in [3.63, 3.8) is 0 Å². The SMILES string of the molecule is O=C(Nc1ccc2c(c1)OCO2)Nc1cnn(C[C@@H]2COc3ccccc3O2)c1. The van der Waals surface area contributed by atoms with E-state index in [1.807, 2.05) is 24.3 Å². The molecule has 2 N–H and O–H groups in total. The highest BCUT2D eigenvalue weighted by Gasteiger charge is 2.21. The van der Waals surface area contributed by atoms with E-state index in [2.05, 4.69) is 15.7 Å². The van der Waals surface area contributed by atoms with Gasteiger partial charge in [0.2, 0.25) is 6.79 Å². The summed E-state index contributed by atoms with van der Waals surface area (Å²) in [4.78, 5) is 12.2. The van der Waals surface area contributed by atoms with Gasteiger partial charge in [-0.15, -0.1) is 0 Å². The molecule has 0 bridgehead atoms. The van der Waals surface area contributed by atoms with E-state index in [0.717, 1.165) is 11.5 Å². The molecule has 0 saturated heterocycles. The molecule has 2 amide bonds. The molecule has 0 radical (unpaired) electrons. The second kappa shape index (κ2) is 7.27. The number of fused-ring (bicyclic) bond motifs is 2. The zero-order chi connectivity index (χ0) is 19.6. The predicted molar refractivity (Wildman–Crippen MR) is 104 cm³/mol. The van der Waals surface area contributed by atoms with Crippen LogP contribution in [0.15, 0.2) is 54.9 Å². The maximum absolute atomic E-state index is 12.2. The van der Waals surface area contributed by atoms with Crippen LogP contribution in [-0.2, 0) is 6.54 Å². The van der Waals surface area contributed by atoms with E-state index in [-0.39, 0.29) is 18.9 Å². The molecule has 5 rings (SSSR count). The van der Waals surface area contributed by atoms with Crippen molar-refractivity contribution in [2.75, 3.05) is 24.0 Å². The molecule has 9 heteroatoms. The van der Waals surface area contributed by atoms with Crippen LogP contribution in [0.4, 0.5) is 16.2 Å². The Morgan fingerprint density at radius 1 is 1.00 bits per heavy atom. The summed E-state index contributed by atoms with van der Waals surface area (Å²) in [5, 5.41) is 9.78. The van der Waals surface area contributed by atoms with Crippen LogP contribution in [0.1, 0.15) is 0 Å². The van der Waals surface area contributed by atoms with Gasteiger partial charge in [-0.05, 0) is 24.3 Å². The van der Waals surface area contributed by atoms with E-state index in [0.29, 0.717) is 36.0 Å². The first-order valence-corrected chi connectivity index (χ1v) is 9.11. The van der Waals surface area contributed by atoms with E-state index in [1.54, 1.807) is 35.3 Å². The van der Waals surface area contributed by atoms with E-state index >= 15 is 0 Å². The smallest absolute Gasteiger partial charge is 0.323 e. The number of nitrogens with one attached hydrogen (secondary N) is 2. The van der Waals surface area contributed by atoms with Crippen molar-refractivity contribution >= 4 is 17.4 Å². The van der Waals surface area contributed by atoms with Gasteiger partial charge in [-0.25, -0.2) is 4.79 Å².